The standard InChI is InChI=1S/C20H30O2S/c1-17(2)11-7-9-19(17,5)15(21)13(11)23-14-12-8-10-20(6,16(14)22)18(12,3)4/h11-14H,7-10H2,1-6H3/t11-,12-,13-,14+,19+,20+/m1/s1. The predicted octanol–water partition coefficient (Wildman–Crippen LogP) is 4.51. The number of rotatable bonds is 2. The lowest BCUT2D eigenvalue weighted by molar-refractivity contribution is -0.128. The van der Waals surface area contributed by atoms with Crippen LogP contribution in [0.25, 0.3) is 0 Å². The van der Waals surface area contributed by atoms with Crippen molar-refractivity contribution in [1.29, 1.82) is 0 Å². The summed E-state index contributed by atoms with van der Waals surface area (Å²) in [4.78, 5) is 26.2. The zero-order chi connectivity index (χ0) is 17.0. The number of carbonyl (C=O) groups excluding carboxylic acids is 2. The van der Waals surface area contributed by atoms with Gasteiger partial charge in [-0.2, -0.15) is 0 Å². The molecule has 0 aliphatic heterocycles. The SMILES string of the molecule is CC1(C)[C@@H]2CC[C@@]1(C)C(=O)[C@H]2S[C@H]1C(=O)[C@]2(C)CC[C@H]1C2(C)C. The number of fused-ring (bicyclic) bond motifs is 4. The van der Waals surface area contributed by atoms with E-state index in [1.165, 1.54) is 0 Å². The molecule has 0 unspecified atom stereocenters. The third kappa shape index (κ3) is 1.55. The fourth-order valence-corrected chi connectivity index (χ4v) is 8.89. The van der Waals surface area contributed by atoms with Crippen molar-refractivity contribution in [3.8, 4) is 0 Å². The Morgan fingerprint density at radius 1 is 0.739 bits per heavy atom. The van der Waals surface area contributed by atoms with E-state index in [0.29, 0.717) is 23.4 Å². The molecule has 0 aromatic carbocycles. The van der Waals surface area contributed by atoms with E-state index >= 15 is 0 Å². The van der Waals surface area contributed by atoms with Crippen LogP contribution in [0.3, 0.4) is 0 Å². The molecule has 0 radical (unpaired) electrons. The van der Waals surface area contributed by atoms with Crippen molar-refractivity contribution >= 4 is 23.3 Å². The second kappa shape index (κ2) is 4.26. The first-order valence-electron chi connectivity index (χ1n) is 9.22. The third-order valence-corrected chi connectivity index (χ3v) is 10.9. The number of ketones is 2. The third-order valence-electron chi connectivity index (χ3n) is 9.24. The maximum Gasteiger partial charge on any atom is 0.152 e. The van der Waals surface area contributed by atoms with Gasteiger partial charge < -0.3 is 0 Å². The van der Waals surface area contributed by atoms with Crippen molar-refractivity contribution < 1.29 is 9.59 Å². The summed E-state index contributed by atoms with van der Waals surface area (Å²) < 4.78 is 0. The maximum atomic E-state index is 13.1. The number of hydrogen-bond acceptors (Lipinski definition) is 3. The van der Waals surface area contributed by atoms with E-state index in [1.54, 1.807) is 11.8 Å². The van der Waals surface area contributed by atoms with Crippen molar-refractivity contribution in [2.24, 2.45) is 33.5 Å². The molecule has 0 aromatic rings. The minimum Gasteiger partial charge on any atom is -0.298 e. The van der Waals surface area contributed by atoms with Crippen LogP contribution in [0, 0.1) is 33.5 Å². The van der Waals surface area contributed by atoms with E-state index in [-0.39, 0.29) is 32.2 Å². The second-order valence-corrected chi connectivity index (χ2v) is 11.4. The highest BCUT2D eigenvalue weighted by Gasteiger charge is 2.70. The Labute approximate surface area is 144 Å². The summed E-state index contributed by atoms with van der Waals surface area (Å²) in [6.07, 6.45) is 4.37. The van der Waals surface area contributed by atoms with Gasteiger partial charge in [-0.15, -0.1) is 11.8 Å². The Hall–Kier alpha value is -0.310. The van der Waals surface area contributed by atoms with Crippen LogP contribution in [0.5, 0.6) is 0 Å². The van der Waals surface area contributed by atoms with Crippen LogP contribution in [0.1, 0.15) is 67.2 Å². The largest absolute Gasteiger partial charge is 0.298 e. The number of carbonyl (C=O) groups is 2. The van der Waals surface area contributed by atoms with Crippen LogP contribution in [-0.4, -0.2) is 22.1 Å². The van der Waals surface area contributed by atoms with E-state index in [1.807, 2.05) is 0 Å². The van der Waals surface area contributed by atoms with E-state index in [2.05, 4.69) is 41.5 Å². The zero-order valence-electron chi connectivity index (χ0n) is 15.4. The van der Waals surface area contributed by atoms with Gasteiger partial charge in [-0.3, -0.25) is 9.59 Å². The summed E-state index contributed by atoms with van der Waals surface area (Å²) in [5, 5.41) is 0.105. The quantitative estimate of drug-likeness (QED) is 0.745. The van der Waals surface area contributed by atoms with E-state index in [9.17, 15) is 9.59 Å². The van der Waals surface area contributed by atoms with Crippen molar-refractivity contribution in [3.63, 3.8) is 0 Å². The van der Waals surface area contributed by atoms with Crippen LogP contribution in [0.15, 0.2) is 0 Å². The fraction of sp³-hybridized carbons (Fsp3) is 0.900. The molecule has 128 valence electrons. The molecule has 3 heteroatoms. The summed E-state index contributed by atoms with van der Waals surface area (Å²) in [5.74, 6) is 1.77. The summed E-state index contributed by atoms with van der Waals surface area (Å²) in [6, 6.07) is 0. The molecule has 0 spiro atoms. The van der Waals surface area contributed by atoms with Gasteiger partial charge in [0.05, 0.1) is 10.5 Å². The van der Waals surface area contributed by atoms with Gasteiger partial charge in [0.2, 0.25) is 0 Å². The lowest BCUT2D eigenvalue weighted by Gasteiger charge is -2.32. The van der Waals surface area contributed by atoms with Gasteiger partial charge in [-0.05, 0) is 48.3 Å². The molecule has 0 heterocycles. The minimum atomic E-state index is -0.171. The Morgan fingerprint density at radius 3 is 1.35 bits per heavy atom. The maximum absolute atomic E-state index is 13.1. The zero-order valence-corrected chi connectivity index (χ0v) is 16.2. The molecular formula is C20H30O2S. The van der Waals surface area contributed by atoms with Crippen molar-refractivity contribution in [2.75, 3.05) is 0 Å². The molecule has 23 heavy (non-hydrogen) atoms. The topological polar surface area (TPSA) is 34.1 Å². The average Bonchev–Trinajstić information content (AvgIpc) is 2.93. The molecular weight excluding hydrogens is 304 g/mol. The molecule has 4 aliphatic rings. The van der Waals surface area contributed by atoms with Gasteiger partial charge in [0.1, 0.15) is 0 Å². The second-order valence-electron chi connectivity index (χ2n) is 10.1. The number of Topliss-reactive ketones (excluding diaryl/α,β-unsaturated/α-hetero) is 2. The minimum absolute atomic E-state index is 0.0523. The molecule has 4 fully saturated rings. The number of hydrogen-bond donors (Lipinski definition) is 0. The highest BCUT2D eigenvalue weighted by Crippen LogP contribution is 2.70. The fourth-order valence-electron chi connectivity index (χ4n) is 6.48. The van der Waals surface area contributed by atoms with Gasteiger partial charge in [-0.1, -0.05) is 41.5 Å². The van der Waals surface area contributed by atoms with E-state index < -0.39 is 0 Å². The summed E-state index contributed by atoms with van der Waals surface area (Å²) in [5.41, 5.74) is -0.172. The normalized spacial score (nSPS) is 52.6. The Balaban J connectivity index is 1.64. The monoisotopic (exact) mass is 334 g/mol. The number of thioether (sulfide) groups is 1. The molecule has 4 rings (SSSR count). The Bertz CT molecular complexity index is 555. The smallest absolute Gasteiger partial charge is 0.152 e. The van der Waals surface area contributed by atoms with Gasteiger partial charge in [0, 0.05) is 10.8 Å². The molecule has 0 N–H and O–H groups in total. The average molecular weight is 335 g/mol. The highest BCUT2D eigenvalue weighted by molar-refractivity contribution is 8.02. The van der Waals surface area contributed by atoms with Crippen LogP contribution in [-0.2, 0) is 9.59 Å². The van der Waals surface area contributed by atoms with E-state index in [4.69, 9.17) is 0 Å². The molecule has 0 amide bonds. The van der Waals surface area contributed by atoms with Crippen LogP contribution >= 0.6 is 11.8 Å². The first-order valence-corrected chi connectivity index (χ1v) is 10.2. The van der Waals surface area contributed by atoms with Gasteiger partial charge in [0.15, 0.2) is 11.6 Å². The van der Waals surface area contributed by atoms with Crippen LogP contribution in [0.4, 0.5) is 0 Å². The van der Waals surface area contributed by atoms with Crippen LogP contribution in [0.2, 0.25) is 0 Å². The highest BCUT2D eigenvalue weighted by atomic mass is 32.2. The first-order chi connectivity index (χ1) is 10.5. The lowest BCUT2D eigenvalue weighted by atomic mass is 9.70. The predicted molar refractivity (Wildman–Crippen MR) is 94.4 cm³/mol. The summed E-state index contributed by atoms with van der Waals surface area (Å²) in [6.45, 7) is 13.4. The van der Waals surface area contributed by atoms with Gasteiger partial charge >= 0.3 is 0 Å². The van der Waals surface area contributed by atoms with Gasteiger partial charge in [0.25, 0.3) is 0 Å². The molecule has 0 aromatic heterocycles. The molecule has 2 nitrogen and oxygen atoms in total. The Kier molecular flexibility index (Phi) is 3.00. The molecule has 4 bridgehead atoms. The molecule has 4 saturated carbocycles. The molecule has 4 aliphatic carbocycles. The van der Waals surface area contributed by atoms with E-state index in [0.717, 1.165) is 25.7 Å². The molecule has 0 saturated heterocycles. The van der Waals surface area contributed by atoms with Crippen molar-refractivity contribution in [1.82, 2.24) is 0 Å². The first kappa shape index (κ1) is 16.2. The van der Waals surface area contributed by atoms with Crippen molar-refractivity contribution in [2.45, 2.75) is 77.7 Å². The van der Waals surface area contributed by atoms with Gasteiger partial charge in [-0.25, -0.2) is 0 Å². The van der Waals surface area contributed by atoms with Crippen LogP contribution < -0.4 is 0 Å². The summed E-state index contributed by atoms with van der Waals surface area (Å²) >= 11 is 1.76. The lowest BCUT2D eigenvalue weighted by Crippen LogP contribution is -2.37. The Morgan fingerprint density at radius 2 is 1.09 bits per heavy atom. The summed E-state index contributed by atoms with van der Waals surface area (Å²) in [7, 11) is 0. The van der Waals surface area contributed by atoms with Crippen molar-refractivity contribution in [3.05, 3.63) is 0 Å². The molecule has 6 atom stereocenters.